The third kappa shape index (κ3) is 4.96. The van der Waals surface area contributed by atoms with Gasteiger partial charge in [-0.15, -0.1) is 11.8 Å². The average Bonchev–Trinajstić information content (AvgIpc) is 3.43. The molecule has 9 nitrogen and oxygen atoms in total. The molecule has 0 saturated carbocycles. The number of ether oxygens (including phenoxy) is 1. The highest BCUT2D eigenvalue weighted by Crippen LogP contribution is 2.35. The summed E-state index contributed by atoms with van der Waals surface area (Å²) in [4.78, 5) is 17.0. The summed E-state index contributed by atoms with van der Waals surface area (Å²) in [5.41, 5.74) is 8.40. The van der Waals surface area contributed by atoms with Crippen LogP contribution in [0.2, 0.25) is 5.02 Å². The molecular formula is C22H21ClN6O3S. The minimum absolute atomic E-state index is 0.0662. The van der Waals surface area contributed by atoms with Gasteiger partial charge >= 0.3 is 0 Å². The smallest absolute Gasteiger partial charge is 0.264 e. The molecule has 4 rings (SSSR count). The van der Waals surface area contributed by atoms with E-state index in [-0.39, 0.29) is 24.2 Å². The second-order valence-corrected chi connectivity index (χ2v) is 8.15. The maximum Gasteiger partial charge on any atom is 0.264 e. The molecule has 11 heteroatoms. The molecule has 0 aliphatic rings. The van der Waals surface area contributed by atoms with Crippen LogP contribution in [0.3, 0.4) is 0 Å². The van der Waals surface area contributed by atoms with Gasteiger partial charge in [0.05, 0.1) is 7.11 Å². The number of aromatic nitrogens is 4. The Morgan fingerprint density at radius 3 is 2.70 bits per heavy atom. The molecule has 33 heavy (non-hydrogen) atoms. The number of halogens is 1. The number of carbonyl (C=O) groups excluding carboxylic acids is 1. The van der Waals surface area contributed by atoms with Gasteiger partial charge < -0.3 is 20.3 Å². The van der Waals surface area contributed by atoms with Crippen LogP contribution < -0.4 is 15.8 Å². The molecule has 4 aromatic rings. The van der Waals surface area contributed by atoms with Gasteiger partial charge in [-0.3, -0.25) is 4.79 Å². The van der Waals surface area contributed by atoms with Gasteiger partial charge in [-0.05, 0) is 42.2 Å². The summed E-state index contributed by atoms with van der Waals surface area (Å²) in [5, 5.41) is 12.5. The third-order valence-electron chi connectivity index (χ3n) is 4.87. The minimum Gasteiger partial charge on any atom is -0.497 e. The first kappa shape index (κ1) is 22.7. The van der Waals surface area contributed by atoms with Crippen LogP contribution >= 0.6 is 23.4 Å². The van der Waals surface area contributed by atoms with Crippen LogP contribution in [0.25, 0.3) is 22.8 Å². The normalized spacial score (nSPS) is 10.9. The highest BCUT2D eigenvalue weighted by atomic mass is 35.5. The summed E-state index contributed by atoms with van der Waals surface area (Å²) in [6, 6.07) is 14.6. The largest absolute Gasteiger partial charge is 0.497 e. The van der Waals surface area contributed by atoms with E-state index < -0.39 is 0 Å². The van der Waals surface area contributed by atoms with Crippen molar-refractivity contribution in [3.8, 4) is 28.6 Å². The summed E-state index contributed by atoms with van der Waals surface area (Å²) in [6.07, 6.45) is 1.85. The number of amides is 1. The molecule has 0 fully saturated rings. The Bertz CT molecular complexity index is 1270. The molecule has 0 saturated heterocycles. The zero-order valence-electron chi connectivity index (χ0n) is 17.9. The minimum atomic E-state index is -0.257. The summed E-state index contributed by atoms with van der Waals surface area (Å²) in [6.45, 7) is 0.236. The second kappa shape index (κ2) is 9.97. The van der Waals surface area contributed by atoms with Crippen molar-refractivity contribution in [2.24, 2.45) is 0 Å². The Hall–Kier alpha value is -3.50. The van der Waals surface area contributed by atoms with Gasteiger partial charge in [-0.2, -0.15) is 10.1 Å². The summed E-state index contributed by atoms with van der Waals surface area (Å²) in [5.74, 6) is 1.37. The number of anilines is 1. The molecule has 2 aromatic heterocycles. The van der Waals surface area contributed by atoms with Crippen molar-refractivity contribution >= 4 is 35.1 Å². The molecule has 1 amide bonds. The fourth-order valence-electron chi connectivity index (χ4n) is 3.13. The highest BCUT2D eigenvalue weighted by molar-refractivity contribution is 7.98. The van der Waals surface area contributed by atoms with E-state index in [2.05, 4.69) is 20.6 Å². The first-order valence-electron chi connectivity index (χ1n) is 9.89. The SMILES string of the molecule is COc1ccc(-c2noc(-c3c(SC)nn(CC(=O)NCc4ccccc4Cl)c3N)n2)cc1. The molecule has 2 aromatic carbocycles. The molecule has 170 valence electrons. The summed E-state index contributed by atoms with van der Waals surface area (Å²) < 4.78 is 12.1. The van der Waals surface area contributed by atoms with E-state index in [0.717, 1.165) is 16.9 Å². The van der Waals surface area contributed by atoms with Crippen molar-refractivity contribution in [3.63, 3.8) is 0 Å². The van der Waals surface area contributed by atoms with E-state index in [1.807, 2.05) is 48.7 Å². The predicted molar refractivity (Wildman–Crippen MR) is 127 cm³/mol. The number of nitrogens with zero attached hydrogens (tertiary/aromatic N) is 4. The van der Waals surface area contributed by atoms with E-state index in [9.17, 15) is 4.79 Å². The lowest BCUT2D eigenvalue weighted by atomic mass is 10.2. The quantitative estimate of drug-likeness (QED) is 0.361. The Balaban J connectivity index is 1.52. The fraction of sp³-hybridized carbons (Fsp3) is 0.182. The number of methoxy groups -OCH3 is 1. The lowest BCUT2D eigenvalue weighted by Gasteiger charge is -2.08. The van der Waals surface area contributed by atoms with Gasteiger partial charge in [0.2, 0.25) is 11.7 Å². The van der Waals surface area contributed by atoms with Crippen LogP contribution in [0, 0.1) is 0 Å². The van der Waals surface area contributed by atoms with E-state index in [4.69, 9.17) is 26.6 Å². The maximum absolute atomic E-state index is 12.5. The molecular weight excluding hydrogens is 464 g/mol. The van der Waals surface area contributed by atoms with Gasteiger partial charge in [0.1, 0.15) is 28.7 Å². The molecule has 3 N–H and O–H groups in total. The van der Waals surface area contributed by atoms with Gasteiger partial charge in [0.15, 0.2) is 0 Å². The average molecular weight is 485 g/mol. The topological polar surface area (TPSA) is 121 Å². The maximum atomic E-state index is 12.5. The Labute approximate surface area is 199 Å². The Morgan fingerprint density at radius 1 is 1.24 bits per heavy atom. The molecule has 0 bridgehead atoms. The molecule has 0 atom stereocenters. The molecule has 0 radical (unpaired) electrons. The van der Waals surface area contributed by atoms with Crippen molar-refractivity contribution in [2.45, 2.75) is 18.1 Å². The Morgan fingerprint density at radius 2 is 2.00 bits per heavy atom. The monoisotopic (exact) mass is 484 g/mol. The van der Waals surface area contributed by atoms with Crippen LogP contribution in [-0.4, -0.2) is 39.2 Å². The highest BCUT2D eigenvalue weighted by Gasteiger charge is 2.23. The van der Waals surface area contributed by atoms with Crippen LogP contribution in [0.4, 0.5) is 5.82 Å². The van der Waals surface area contributed by atoms with Crippen LogP contribution in [-0.2, 0) is 17.9 Å². The zero-order valence-corrected chi connectivity index (χ0v) is 19.5. The van der Waals surface area contributed by atoms with Crippen molar-refractivity contribution in [1.82, 2.24) is 25.2 Å². The molecule has 0 aliphatic heterocycles. The van der Waals surface area contributed by atoms with Gasteiger partial charge in [-0.1, -0.05) is 35.0 Å². The fourth-order valence-corrected chi connectivity index (χ4v) is 3.91. The number of hydrogen-bond donors (Lipinski definition) is 2. The van der Waals surface area contributed by atoms with Crippen molar-refractivity contribution < 1.29 is 14.1 Å². The third-order valence-corrected chi connectivity index (χ3v) is 5.91. The van der Waals surface area contributed by atoms with Gasteiger partial charge in [0, 0.05) is 17.1 Å². The molecule has 0 aliphatic carbocycles. The second-order valence-electron chi connectivity index (χ2n) is 6.95. The number of nitrogens with one attached hydrogen (secondary N) is 1. The van der Waals surface area contributed by atoms with Crippen molar-refractivity contribution in [1.29, 1.82) is 0 Å². The van der Waals surface area contributed by atoms with Gasteiger partial charge in [0.25, 0.3) is 5.89 Å². The molecule has 0 unspecified atom stereocenters. The van der Waals surface area contributed by atoms with E-state index in [0.29, 0.717) is 28.0 Å². The van der Waals surface area contributed by atoms with E-state index in [1.165, 1.54) is 16.4 Å². The van der Waals surface area contributed by atoms with Crippen LogP contribution in [0.1, 0.15) is 5.56 Å². The Kier molecular flexibility index (Phi) is 6.85. The summed E-state index contributed by atoms with van der Waals surface area (Å²) in [7, 11) is 1.60. The molecule has 2 heterocycles. The van der Waals surface area contributed by atoms with Gasteiger partial charge in [-0.25, -0.2) is 4.68 Å². The first-order chi connectivity index (χ1) is 16.0. The number of nitrogen functional groups attached to an aromatic ring is 1. The molecule has 0 spiro atoms. The summed E-state index contributed by atoms with van der Waals surface area (Å²) >= 11 is 7.51. The van der Waals surface area contributed by atoms with E-state index in [1.54, 1.807) is 13.2 Å². The predicted octanol–water partition coefficient (Wildman–Crippen LogP) is 3.88. The van der Waals surface area contributed by atoms with Crippen molar-refractivity contribution in [2.75, 3.05) is 19.1 Å². The van der Waals surface area contributed by atoms with Crippen molar-refractivity contribution in [3.05, 3.63) is 59.1 Å². The number of thioether (sulfide) groups is 1. The first-order valence-corrected chi connectivity index (χ1v) is 11.5. The number of nitrogens with two attached hydrogens (primary N) is 1. The lowest BCUT2D eigenvalue weighted by molar-refractivity contribution is -0.122. The van der Waals surface area contributed by atoms with Crippen LogP contribution in [0.15, 0.2) is 58.1 Å². The standard InChI is InChI=1S/C22H21ClN6O3S/c1-31-15-9-7-13(8-10-15)20-26-21(32-28-20)18-19(24)29(27-22(18)33-2)12-17(30)25-11-14-5-3-4-6-16(14)23/h3-10H,11-12,24H2,1-2H3,(H,25,30). The number of benzene rings is 2. The number of carbonyl (C=O) groups is 1. The zero-order chi connectivity index (χ0) is 23.4. The number of hydrogen-bond acceptors (Lipinski definition) is 8. The lowest BCUT2D eigenvalue weighted by Crippen LogP contribution is -2.28. The number of rotatable bonds is 8. The van der Waals surface area contributed by atoms with Crippen LogP contribution in [0.5, 0.6) is 5.75 Å². The van der Waals surface area contributed by atoms with E-state index >= 15 is 0 Å².